The second kappa shape index (κ2) is 5.98. The molecule has 0 spiro atoms. The highest BCUT2D eigenvalue weighted by molar-refractivity contribution is 5.67. The van der Waals surface area contributed by atoms with Gasteiger partial charge in [-0.25, -0.2) is 4.79 Å². The topological polar surface area (TPSA) is 66.8 Å². The molecule has 0 bridgehead atoms. The van der Waals surface area contributed by atoms with E-state index in [0.29, 0.717) is 0 Å². The lowest BCUT2D eigenvalue weighted by molar-refractivity contribution is -0.143. The number of aliphatic carboxylic acids is 1. The average molecular weight is 252 g/mol. The zero-order valence-corrected chi connectivity index (χ0v) is 11.0. The van der Waals surface area contributed by atoms with Crippen LogP contribution in [0.5, 0.6) is 0 Å². The lowest BCUT2D eigenvalue weighted by atomic mass is 9.86. The van der Waals surface area contributed by atoms with Gasteiger partial charge < -0.3 is 14.9 Å². The first-order valence-electron chi connectivity index (χ1n) is 5.89. The molecule has 100 valence electrons. The molecule has 0 aliphatic rings. The summed E-state index contributed by atoms with van der Waals surface area (Å²) >= 11 is 0. The Morgan fingerprint density at radius 1 is 1.28 bits per heavy atom. The molecule has 0 radical (unpaired) electrons. The standard InChI is InChI=1S/C14H20O4/c1-14(2,3)11-6-4-10(5-7-11)12(15)8-18-9-13(16)17/h4-7,12,15H,8-9H2,1-3H3,(H,16,17). The number of carboxylic acid groups (broad SMARTS) is 1. The monoisotopic (exact) mass is 252 g/mol. The molecule has 1 atom stereocenters. The Balaban J connectivity index is 2.59. The minimum absolute atomic E-state index is 0.0127. The van der Waals surface area contributed by atoms with Crippen LogP contribution in [-0.4, -0.2) is 29.4 Å². The summed E-state index contributed by atoms with van der Waals surface area (Å²) in [5.41, 5.74) is 1.99. The molecule has 0 fully saturated rings. The van der Waals surface area contributed by atoms with E-state index >= 15 is 0 Å². The summed E-state index contributed by atoms with van der Waals surface area (Å²) < 4.78 is 4.86. The highest BCUT2D eigenvalue weighted by atomic mass is 16.5. The van der Waals surface area contributed by atoms with Gasteiger partial charge in [0.05, 0.1) is 6.61 Å². The van der Waals surface area contributed by atoms with Gasteiger partial charge in [-0.1, -0.05) is 45.0 Å². The minimum Gasteiger partial charge on any atom is -0.480 e. The van der Waals surface area contributed by atoms with E-state index in [4.69, 9.17) is 9.84 Å². The molecule has 0 amide bonds. The molecule has 0 heterocycles. The van der Waals surface area contributed by atoms with Crippen molar-refractivity contribution >= 4 is 5.97 Å². The van der Waals surface area contributed by atoms with Crippen molar-refractivity contribution in [2.75, 3.05) is 13.2 Å². The molecular formula is C14H20O4. The van der Waals surface area contributed by atoms with Crippen LogP contribution in [0, 0.1) is 0 Å². The quantitative estimate of drug-likeness (QED) is 0.842. The zero-order chi connectivity index (χ0) is 13.8. The number of ether oxygens (including phenoxy) is 1. The number of aliphatic hydroxyl groups excluding tert-OH is 1. The van der Waals surface area contributed by atoms with Crippen molar-refractivity contribution < 1.29 is 19.7 Å². The van der Waals surface area contributed by atoms with Gasteiger partial charge in [0.25, 0.3) is 0 Å². The summed E-state index contributed by atoms with van der Waals surface area (Å²) in [6, 6.07) is 7.62. The highest BCUT2D eigenvalue weighted by Gasteiger charge is 2.14. The zero-order valence-electron chi connectivity index (χ0n) is 11.0. The Hall–Kier alpha value is -1.39. The van der Waals surface area contributed by atoms with Gasteiger partial charge in [-0.05, 0) is 16.5 Å². The number of hydrogen-bond acceptors (Lipinski definition) is 3. The smallest absolute Gasteiger partial charge is 0.329 e. The Kier molecular flexibility index (Phi) is 4.87. The fourth-order valence-corrected chi connectivity index (χ4v) is 1.56. The van der Waals surface area contributed by atoms with Crippen molar-refractivity contribution in [1.82, 2.24) is 0 Å². The van der Waals surface area contributed by atoms with Crippen LogP contribution >= 0.6 is 0 Å². The van der Waals surface area contributed by atoms with Gasteiger partial charge in [-0.15, -0.1) is 0 Å². The SMILES string of the molecule is CC(C)(C)c1ccc(C(O)COCC(=O)O)cc1. The van der Waals surface area contributed by atoms with Crippen LogP contribution < -0.4 is 0 Å². The minimum atomic E-state index is -1.04. The first-order valence-corrected chi connectivity index (χ1v) is 5.89. The van der Waals surface area contributed by atoms with Crippen molar-refractivity contribution in [2.24, 2.45) is 0 Å². The van der Waals surface area contributed by atoms with Gasteiger partial charge in [0.15, 0.2) is 0 Å². The Bertz CT molecular complexity index is 389. The average Bonchev–Trinajstić information content (AvgIpc) is 2.27. The predicted octanol–water partition coefficient (Wildman–Crippen LogP) is 2.12. The van der Waals surface area contributed by atoms with Crippen molar-refractivity contribution in [3.8, 4) is 0 Å². The van der Waals surface area contributed by atoms with E-state index < -0.39 is 18.7 Å². The molecule has 0 saturated heterocycles. The molecule has 1 unspecified atom stereocenters. The van der Waals surface area contributed by atoms with Crippen LogP contribution in [0.3, 0.4) is 0 Å². The van der Waals surface area contributed by atoms with E-state index in [-0.39, 0.29) is 12.0 Å². The molecule has 0 saturated carbocycles. The van der Waals surface area contributed by atoms with Crippen molar-refractivity contribution in [2.45, 2.75) is 32.3 Å². The number of benzene rings is 1. The summed E-state index contributed by atoms with van der Waals surface area (Å²) in [5, 5.41) is 18.2. The second-order valence-corrected chi connectivity index (χ2v) is 5.30. The predicted molar refractivity (Wildman–Crippen MR) is 68.6 cm³/mol. The van der Waals surface area contributed by atoms with Gasteiger partial charge >= 0.3 is 5.97 Å². The van der Waals surface area contributed by atoms with Gasteiger partial charge in [0.2, 0.25) is 0 Å². The number of hydrogen-bond donors (Lipinski definition) is 2. The van der Waals surface area contributed by atoms with Crippen LogP contribution in [-0.2, 0) is 14.9 Å². The second-order valence-electron chi connectivity index (χ2n) is 5.30. The summed E-state index contributed by atoms with van der Waals surface area (Å²) in [6.45, 7) is 5.95. The highest BCUT2D eigenvalue weighted by Crippen LogP contribution is 2.23. The van der Waals surface area contributed by atoms with Crippen LogP contribution in [0.25, 0.3) is 0 Å². The number of rotatable bonds is 5. The lowest BCUT2D eigenvalue weighted by Crippen LogP contribution is -2.14. The summed E-state index contributed by atoms with van der Waals surface area (Å²) in [7, 11) is 0. The number of carbonyl (C=O) groups is 1. The van der Waals surface area contributed by atoms with Crippen LogP contribution in [0.1, 0.15) is 38.0 Å². The van der Waals surface area contributed by atoms with Gasteiger partial charge in [-0.2, -0.15) is 0 Å². The van der Waals surface area contributed by atoms with E-state index in [9.17, 15) is 9.90 Å². The van der Waals surface area contributed by atoms with E-state index in [2.05, 4.69) is 20.8 Å². The number of carboxylic acids is 1. The summed E-state index contributed by atoms with van der Waals surface area (Å²) in [4.78, 5) is 10.3. The Morgan fingerprint density at radius 2 is 1.83 bits per heavy atom. The number of aliphatic hydroxyl groups is 1. The van der Waals surface area contributed by atoms with E-state index in [1.54, 1.807) is 0 Å². The summed E-state index contributed by atoms with van der Waals surface area (Å²) in [5.74, 6) is -1.04. The molecule has 2 N–H and O–H groups in total. The van der Waals surface area contributed by atoms with E-state index in [0.717, 1.165) is 5.56 Å². The van der Waals surface area contributed by atoms with Gasteiger partial charge in [0, 0.05) is 0 Å². The molecule has 0 aliphatic heterocycles. The molecular weight excluding hydrogens is 232 g/mol. The maximum absolute atomic E-state index is 10.3. The third-order valence-electron chi connectivity index (χ3n) is 2.66. The maximum atomic E-state index is 10.3. The molecule has 4 nitrogen and oxygen atoms in total. The third-order valence-corrected chi connectivity index (χ3v) is 2.66. The van der Waals surface area contributed by atoms with Crippen LogP contribution in [0.15, 0.2) is 24.3 Å². The molecule has 1 rings (SSSR count). The largest absolute Gasteiger partial charge is 0.480 e. The normalized spacial score (nSPS) is 13.3. The van der Waals surface area contributed by atoms with Crippen LogP contribution in [0.2, 0.25) is 0 Å². The lowest BCUT2D eigenvalue weighted by Gasteiger charge is -2.20. The molecule has 1 aromatic carbocycles. The van der Waals surface area contributed by atoms with Crippen LogP contribution in [0.4, 0.5) is 0 Å². The van der Waals surface area contributed by atoms with E-state index in [1.807, 2.05) is 24.3 Å². The fourth-order valence-electron chi connectivity index (χ4n) is 1.56. The van der Waals surface area contributed by atoms with E-state index in [1.165, 1.54) is 5.56 Å². The van der Waals surface area contributed by atoms with Gasteiger partial charge in [0.1, 0.15) is 12.7 Å². The Morgan fingerprint density at radius 3 is 2.28 bits per heavy atom. The molecule has 4 heteroatoms. The van der Waals surface area contributed by atoms with Crippen molar-refractivity contribution in [1.29, 1.82) is 0 Å². The van der Waals surface area contributed by atoms with Crippen molar-refractivity contribution in [3.05, 3.63) is 35.4 Å². The fraction of sp³-hybridized carbons (Fsp3) is 0.500. The maximum Gasteiger partial charge on any atom is 0.329 e. The Labute approximate surface area is 107 Å². The molecule has 0 aromatic heterocycles. The third kappa shape index (κ3) is 4.47. The molecule has 1 aromatic rings. The van der Waals surface area contributed by atoms with Crippen molar-refractivity contribution in [3.63, 3.8) is 0 Å². The summed E-state index contributed by atoms with van der Waals surface area (Å²) in [6.07, 6.45) is -0.793. The molecule has 0 aliphatic carbocycles. The van der Waals surface area contributed by atoms with Gasteiger partial charge in [-0.3, -0.25) is 0 Å². The first-order chi connectivity index (χ1) is 8.30. The molecule has 18 heavy (non-hydrogen) atoms. The first kappa shape index (κ1) is 14.7.